The molecular weight excluding hydrogens is 288 g/mol. The maximum Gasteiger partial charge on any atom is 0.253 e. The van der Waals surface area contributed by atoms with Gasteiger partial charge in [-0.25, -0.2) is 0 Å². The van der Waals surface area contributed by atoms with Gasteiger partial charge in [-0.05, 0) is 25.1 Å². The lowest BCUT2D eigenvalue weighted by Gasteiger charge is -2.17. The van der Waals surface area contributed by atoms with Gasteiger partial charge in [0.25, 0.3) is 5.91 Å². The molecule has 0 fully saturated rings. The number of hydrogen-bond donors (Lipinski definition) is 2. The minimum Gasteiger partial charge on any atom is -0.496 e. The summed E-state index contributed by atoms with van der Waals surface area (Å²) in [6, 6.07) is 12.3. The minimum atomic E-state index is -0.272. The van der Waals surface area contributed by atoms with Crippen molar-refractivity contribution in [1.29, 1.82) is 0 Å². The van der Waals surface area contributed by atoms with Crippen LogP contribution in [0.4, 0.5) is 5.69 Å². The molecule has 2 aromatic carbocycles. The van der Waals surface area contributed by atoms with Gasteiger partial charge in [-0.3, -0.25) is 4.79 Å². The second-order valence-corrected chi connectivity index (χ2v) is 5.02. The zero-order chi connectivity index (χ0) is 15.4. The van der Waals surface area contributed by atoms with Crippen LogP contribution in [0.25, 0.3) is 0 Å². The first kappa shape index (κ1) is 15.2. The fourth-order valence-electron chi connectivity index (χ4n) is 2.10. The number of methoxy groups -OCH3 is 1. The van der Waals surface area contributed by atoms with Gasteiger partial charge in [0.15, 0.2) is 0 Å². The Morgan fingerprint density at radius 2 is 1.95 bits per heavy atom. The quantitative estimate of drug-likeness (QED) is 0.851. The number of ether oxygens (including phenoxy) is 1. The zero-order valence-electron chi connectivity index (χ0n) is 11.9. The number of nitrogens with two attached hydrogens (primary N) is 1. The summed E-state index contributed by atoms with van der Waals surface area (Å²) >= 11 is 6.07. The highest BCUT2D eigenvalue weighted by molar-refractivity contribution is 6.36. The van der Waals surface area contributed by atoms with E-state index in [0.29, 0.717) is 11.3 Å². The van der Waals surface area contributed by atoms with Crippen molar-refractivity contribution in [3.8, 4) is 5.75 Å². The van der Waals surface area contributed by atoms with Gasteiger partial charge in [-0.2, -0.15) is 0 Å². The van der Waals surface area contributed by atoms with Gasteiger partial charge < -0.3 is 15.8 Å². The number of carbonyl (C=O) groups excluding carboxylic acids is 1. The van der Waals surface area contributed by atoms with Crippen LogP contribution >= 0.6 is 11.6 Å². The predicted molar refractivity (Wildman–Crippen MR) is 84.7 cm³/mol. The van der Waals surface area contributed by atoms with Crippen LogP contribution in [0.1, 0.15) is 28.9 Å². The van der Waals surface area contributed by atoms with Crippen LogP contribution in [0.3, 0.4) is 0 Å². The van der Waals surface area contributed by atoms with E-state index >= 15 is 0 Å². The predicted octanol–water partition coefficient (Wildman–Crippen LogP) is 3.42. The lowest BCUT2D eigenvalue weighted by molar-refractivity contribution is 0.0939. The Labute approximate surface area is 128 Å². The molecule has 21 heavy (non-hydrogen) atoms. The Kier molecular flexibility index (Phi) is 4.70. The van der Waals surface area contributed by atoms with E-state index < -0.39 is 0 Å². The van der Waals surface area contributed by atoms with E-state index in [1.807, 2.05) is 31.2 Å². The third-order valence-electron chi connectivity index (χ3n) is 3.23. The first-order valence-corrected chi connectivity index (χ1v) is 6.90. The number of amides is 1. The summed E-state index contributed by atoms with van der Waals surface area (Å²) in [5, 5.41) is 3.16. The summed E-state index contributed by atoms with van der Waals surface area (Å²) in [4.78, 5) is 12.3. The summed E-state index contributed by atoms with van der Waals surface area (Å²) in [6.45, 7) is 1.88. The highest BCUT2D eigenvalue weighted by atomic mass is 35.5. The van der Waals surface area contributed by atoms with Crippen molar-refractivity contribution in [1.82, 2.24) is 5.32 Å². The van der Waals surface area contributed by atoms with Gasteiger partial charge in [0, 0.05) is 5.56 Å². The summed E-state index contributed by atoms with van der Waals surface area (Å²) in [5.41, 5.74) is 7.35. The molecule has 0 saturated carbocycles. The number of nitrogen functional groups attached to an aromatic ring is 1. The minimum absolute atomic E-state index is 0.217. The Hall–Kier alpha value is -2.20. The van der Waals surface area contributed by atoms with E-state index in [1.54, 1.807) is 25.3 Å². The molecule has 2 aromatic rings. The molecule has 1 atom stereocenters. The highest BCUT2D eigenvalue weighted by Gasteiger charge is 2.17. The fraction of sp³-hybridized carbons (Fsp3) is 0.188. The summed E-state index contributed by atoms with van der Waals surface area (Å²) in [7, 11) is 1.60. The molecule has 3 N–H and O–H groups in total. The van der Waals surface area contributed by atoms with E-state index in [2.05, 4.69) is 5.32 Å². The van der Waals surface area contributed by atoms with Crippen molar-refractivity contribution in [2.45, 2.75) is 13.0 Å². The Balaban J connectivity index is 2.21. The molecule has 1 amide bonds. The summed E-state index contributed by atoms with van der Waals surface area (Å²) in [5.74, 6) is 0.453. The van der Waals surface area contributed by atoms with Crippen molar-refractivity contribution >= 4 is 23.2 Å². The van der Waals surface area contributed by atoms with Gasteiger partial charge in [0.2, 0.25) is 0 Å². The lowest BCUT2D eigenvalue weighted by atomic mass is 10.1. The number of halogens is 1. The first-order valence-electron chi connectivity index (χ1n) is 6.52. The zero-order valence-corrected chi connectivity index (χ0v) is 12.6. The number of hydrogen-bond acceptors (Lipinski definition) is 3. The number of anilines is 1. The van der Waals surface area contributed by atoms with Crippen LogP contribution in [0.15, 0.2) is 42.5 Å². The van der Waals surface area contributed by atoms with Crippen LogP contribution < -0.4 is 15.8 Å². The second kappa shape index (κ2) is 6.50. The molecule has 0 saturated heterocycles. The molecule has 2 rings (SSSR count). The smallest absolute Gasteiger partial charge is 0.253 e. The van der Waals surface area contributed by atoms with Crippen LogP contribution in [0.5, 0.6) is 5.75 Å². The molecule has 0 spiro atoms. The van der Waals surface area contributed by atoms with Crippen molar-refractivity contribution in [2.75, 3.05) is 12.8 Å². The molecule has 1 unspecified atom stereocenters. The fourth-order valence-corrected chi connectivity index (χ4v) is 2.31. The lowest BCUT2D eigenvalue weighted by Crippen LogP contribution is -2.27. The van der Waals surface area contributed by atoms with Gasteiger partial charge in [0.1, 0.15) is 5.75 Å². The van der Waals surface area contributed by atoms with Crippen LogP contribution in [-0.4, -0.2) is 13.0 Å². The Bertz CT molecular complexity index is 658. The van der Waals surface area contributed by atoms with Crippen molar-refractivity contribution in [3.63, 3.8) is 0 Å². The average molecular weight is 305 g/mol. The van der Waals surface area contributed by atoms with Gasteiger partial charge in [-0.1, -0.05) is 35.9 Å². The number of para-hydroxylation sites is 1. The van der Waals surface area contributed by atoms with Crippen molar-refractivity contribution in [3.05, 3.63) is 58.6 Å². The number of benzene rings is 2. The third kappa shape index (κ3) is 3.28. The van der Waals surface area contributed by atoms with Gasteiger partial charge in [-0.15, -0.1) is 0 Å². The monoisotopic (exact) mass is 304 g/mol. The summed E-state index contributed by atoms with van der Waals surface area (Å²) < 4.78 is 5.30. The van der Waals surface area contributed by atoms with Crippen molar-refractivity contribution < 1.29 is 9.53 Å². The second-order valence-electron chi connectivity index (χ2n) is 4.65. The highest BCUT2D eigenvalue weighted by Crippen LogP contribution is 2.26. The molecule has 0 aliphatic rings. The van der Waals surface area contributed by atoms with Gasteiger partial charge >= 0.3 is 0 Å². The number of carbonyl (C=O) groups is 1. The molecule has 5 heteroatoms. The van der Waals surface area contributed by atoms with Crippen LogP contribution in [-0.2, 0) is 0 Å². The standard InChI is InChI=1S/C16H17ClN2O2/c1-10(11-6-3-4-9-14(11)21-2)19-16(20)12-7-5-8-13(18)15(12)17/h3-10H,18H2,1-2H3,(H,19,20). The topological polar surface area (TPSA) is 64.3 Å². The van der Waals surface area contributed by atoms with Gasteiger partial charge in [0.05, 0.1) is 29.4 Å². The maximum absolute atomic E-state index is 12.3. The molecule has 0 aliphatic heterocycles. The summed E-state index contributed by atoms with van der Waals surface area (Å²) in [6.07, 6.45) is 0. The molecule has 0 radical (unpaired) electrons. The van der Waals surface area contributed by atoms with E-state index in [4.69, 9.17) is 22.1 Å². The van der Waals surface area contributed by atoms with E-state index in [1.165, 1.54) is 0 Å². The molecule has 0 heterocycles. The molecule has 0 aromatic heterocycles. The number of nitrogens with one attached hydrogen (secondary N) is 1. The Morgan fingerprint density at radius 1 is 1.24 bits per heavy atom. The maximum atomic E-state index is 12.3. The normalized spacial score (nSPS) is 11.8. The SMILES string of the molecule is COc1ccccc1C(C)NC(=O)c1cccc(N)c1Cl. The molecule has 4 nitrogen and oxygen atoms in total. The largest absolute Gasteiger partial charge is 0.496 e. The van der Waals surface area contributed by atoms with E-state index in [0.717, 1.165) is 11.3 Å². The first-order chi connectivity index (χ1) is 10.0. The Morgan fingerprint density at radius 3 is 2.67 bits per heavy atom. The van der Waals surface area contributed by atoms with E-state index in [9.17, 15) is 4.79 Å². The van der Waals surface area contributed by atoms with Crippen LogP contribution in [0, 0.1) is 0 Å². The number of rotatable bonds is 4. The molecular formula is C16H17ClN2O2. The molecule has 110 valence electrons. The van der Waals surface area contributed by atoms with E-state index in [-0.39, 0.29) is 17.0 Å². The molecule has 0 aliphatic carbocycles. The average Bonchev–Trinajstić information content (AvgIpc) is 2.49. The molecule has 0 bridgehead atoms. The van der Waals surface area contributed by atoms with Crippen LogP contribution in [0.2, 0.25) is 5.02 Å². The third-order valence-corrected chi connectivity index (χ3v) is 3.65. The van der Waals surface area contributed by atoms with Crippen molar-refractivity contribution in [2.24, 2.45) is 0 Å².